The summed E-state index contributed by atoms with van der Waals surface area (Å²) in [6.07, 6.45) is 0. The summed E-state index contributed by atoms with van der Waals surface area (Å²) < 4.78 is 14.1. The van der Waals surface area contributed by atoms with E-state index in [0.29, 0.717) is 11.4 Å². The molecule has 0 saturated carbocycles. The van der Waals surface area contributed by atoms with Crippen molar-refractivity contribution in [2.75, 3.05) is 11.9 Å². The minimum Gasteiger partial charge on any atom is -0.370 e. The summed E-state index contributed by atoms with van der Waals surface area (Å²) in [5, 5.41) is 3.13. The van der Waals surface area contributed by atoms with Crippen molar-refractivity contribution in [3.05, 3.63) is 40.2 Å². The minimum absolute atomic E-state index is 0.302. The van der Waals surface area contributed by atoms with Gasteiger partial charge in [-0.3, -0.25) is 0 Å². The Hall–Kier alpha value is -1.49. The number of halogens is 2. The lowest BCUT2D eigenvalue weighted by Gasteiger charge is -2.08. The maximum atomic E-state index is 13.3. The van der Waals surface area contributed by atoms with Gasteiger partial charge in [0.25, 0.3) is 0 Å². The zero-order chi connectivity index (χ0) is 13.1. The summed E-state index contributed by atoms with van der Waals surface area (Å²) in [6, 6.07) is 6.34. The van der Waals surface area contributed by atoms with Crippen LogP contribution >= 0.6 is 15.9 Å². The number of benzene rings is 1. The van der Waals surface area contributed by atoms with Crippen LogP contribution in [0.5, 0.6) is 0 Å². The molecule has 5 heteroatoms. The van der Waals surface area contributed by atoms with E-state index in [1.807, 2.05) is 19.9 Å². The van der Waals surface area contributed by atoms with Gasteiger partial charge in [-0.15, -0.1) is 0 Å². The molecule has 2 rings (SSSR count). The number of rotatable bonds is 3. The molecule has 0 atom stereocenters. The van der Waals surface area contributed by atoms with E-state index in [9.17, 15) is 4.39 Å². The van der Waals surface area contributed by atoms with Gasteiger partial charge in [0, 0.05) is 28.3 Å². The van der Waals surface area contributed by atoms with Gasteiger partial charge < -0.3 is 5.32 Å². The first-order chi connectivity index (χ1) is 8.60. The highest BCUT2D eigenvalue weighted by molar-refractivity contribution is 9.10. The zero-order valence-electron chi connectivity index (χ0n) is 10.2. The van der Waals surface area contributed by atoms with E-state index in [-0.39, 0.29) is 5.82 Å². The number of nitrogens with zero attached hydrogens (tertiary/aromatic N) is 2. The number of aromatic nitrogens is 2. The van der Waals surface area contributed by atoms with Crippen molar-refractivity contribution in [2.24, 2.45) is 0 Å². The largest absolute Gasteiger partial charge is 0.370 e. The van der Waals surface area contributed by atoms with Gasteiger partial charge in [0.05, 0.1) is 0 Å². The molecule has 2 aromatic rings. The molecule has 0 aliphatic rings. The van der Waals surface area contributed by atoms with Gasteiger partial charge in [-0.25, -0.2) is 14.4 Å². The van der Waals surface area contributed by atoms with Crippen LogP contribution in [-0.4, -0.2) is 16.5 Å². The molecule has 0 saturated heterocycles. The highest BCUT2D eigenvalue weighted by Crippen LogP contribution is 2.27. The quantitative estimate of drug-likeness (QED) is 0.937. The van der Waals surface area contributed by atoms with Gasteiger partial charge in [-0.1, -0.05) is 15.9 Å². The number of hydrogen-bond acceptors (Lipinski definition) is 3. The predicted octanol–water partition coefficient (Wildman–Crippen LogP) is 3.79. The summed E-state index contributed by atoms with van der Waals surface area (Å²) in [6.45, 7) is 4.66. The standard InChI is InChI=1S/C13H13BrFN3/c1-3-16-12-6-8(2)17-13(18-12)10-7-9(15)4-5-11(10)14/h4-7H,3H2,1-2H3,(H,16,17,18). The van der Waals surface area contributed by atoms with E-state index in [0.717, 1.165) is 22.5 Å². The Kier molecular flexibility index (Phi) is 3.91. The Morgan fingerprint density at radius 3 is 2.78 bits per heavy atom. The van der Waals surface area contributed by atoms with Gasteiger partial charge in [-0.05, 0) is 32.0 Å². The summed E-state index contributed by atoms with van der Waals surface area (Å²) in [5.41, 5.74) is 1.49. The van der Waals surface area contributed by atoms with E-state index in [2.05, 4.69) is 31.2 Å². The lowest BCUT2D eigenvalue weighted by molar-refractivity contribution is 0.628. The van der Waals surface area contributed by atoms with Crippen LogP contribution in [-0.2, 0) is 0 Å². The van der Waals surface area contributed by atoms with Crippen molar-refractivity contribution in [2.45, 2.75) is 13.8 Å². The zero-order valence-corrected chi connectivity index (χ0v) is 11.8. The third-order valence-corrected chi connectivity index (χ3v) is 3.07. The molecular formula is C13H13BrFN3. The molecule has 18 heavy (non-hydrogen) atoms. The summed E-state index contributed by atoms with van der Waals surface area (Å²) >= 11 is 3.39. The van der Waals surface area contributed by atoms with E-state index >= 15 is 0 Å². The van der Waals surface area contributed by atoms with Crippen LogP contribution in [0.3, 0.4) is 0 Å². The molecule has 1 aromatic carbocycles. The van der Waals surface area contributed by atoms with Crippen LogP contribution in [0.15, 0.2) is 28.7 Å². The molecule has 94 valence electrons. The Bertz CT molecular complexity index is 572. The molecule has 0 aliphatic carbocycles. The maximum Gasteiger partial charge on any atom is 0.162 e. The average molecular weight is 310 g/mol. The number of aryl methyl sites for hydroxylation is 1. The second-order valence-electron chi connectivity index (χ2n) is 3.87. The van der Waals surface area contributed by atoms with Crippen LogP contribution in [0.4, 0.5) is 10.2 Å². The van der Waals surface area contributed by atoms with E-state index in [1.165, 1.54) is 12.1 Å². The van der Waals surface area contributed by atoms with Crippen molar-refractivity contribution in [1.29, 1.82) is 0 Å². The molecule has 1 N–H and O–H groups in total. The highest BCUT2D eigenvalue weighted by atomic mass is 79.9. The van der Waals surface area contributed by atoms with Gasteiger partial charge in [-0.2, -0.15) is 0 Å². The van der Waals surface area contributed by atoms with Gasteiger partial charge in [0.2, 0.25) is 0 Å². The average Bonchev–Trinajstić information content (AvgIpc) is 2.32. The molecule has 0 amide bonds. The number of hydrogen-bond donors (Lipinski definition) is 1. The normalized spacial score (nSPS) is 10.4. The topological polar surface area (TPSA) is 37.8 Å². The molecule has 3 nitrogen and oxygen atoms in total. The van der Waals surface area contributed by atoms with E-state index < -0.39 is 0 Å². The molecule has 0 aliphatic heterocycles. The van der Waals surface area contributed by atoms with Gasteiger partial charge in [0.1, 0.15) is 11.6 Å². The Morgan fingerprint density at radius 1 is 1.28 bits per heavy atom. The van der Waals surface area contributed by atoms with Crippen molar-refractivity contribution in [1.82, 2.24) is 9.97 Å². The van der Waals surface area contributed by atoms with Crippen molar-refractivity contribution in [3.8, 4) is 11.4 Å². The van der Waals surface area contributed by atoms with E-state index in [4.69, 9.17) is 0 Å². The Labute approximate surface area is 114 Å². The first-order valence-corrected chi connectivity index (χ1v) is 6.44. The van der Waals surface area contributed by atoms with Gasteiger partial charge >= 0.3 is 0 Å². The summed E-state index contributed by atoms with van der Waals surface area (Å²) in [7, 11) is 0. The highest BCUT2D eigenvalue weighted by Gasteiger charge is 2.09. The van der Waals surface area contributed by atoms with Gasteiger partial charge in [0.15, 0.2) is 5.82 Å². The fourth-order valence-corrected chi connectivity index (χ4v) is 2.05. The third kappa shape index (κ3) is 2.85. The molecule has 1 heterocycles. The molecule has 1 aromatic heterocycles. The molecule has 0 spiro atoms. The Morgan fingerprint density at radius 2 is 2.06 bits per heavy atom. The van der Waals surface area contributed by atoms with Crippen LogP contribution in [0.25, 0.3) is 11.4 Å². The molecule has 0 fully saturated rings. The Balaban J connectivity index is 2.52. The second-order valence-corrected chi connectivity index (χ2v) is 4.73. The maximum absolute atomic E-state index is 13.3. The monoisotopic (exact) mass is 309 g/mol. The third-order valence-electron chi connectivity index (χ3n) is 2.38. The first-order valence-electron chi connectivity index (χ1n) is 5.65. The van der Waals surface area contributed by atoms with Crippen molar-refractivity contribution < 1.29 is 4.39 Å². The lowest BCUT2D eigenvalue weighted by atomic mass is 10.2. The van der Waals surface area contributed by atoms with Crippen LogP contribution in [0, 0.1) is 12.7 Å². The van der Waals surface area contributed by atoms with Crippen LogP contribution in [0.1, 0.15) is 12.6 Å². The minimum atomic E-state index is -0.302. The molecule has 0 radical (unpaired) electrons. The van der Waals surface area contributed by atoms with Crippen LogP contribution in [0.2, 0.25) is 0 Å². The van der Waals surface area contributed by atoms with E-state index in [1.54, 1.807) is 6.07 Å². The summed E-state index contributed by atoms with van der Waals surface area (Å²) in [4.78, 5) is 8.72. The van der Waals surface area contributed by atoms with Crippen molar-refractivity contribution >= 4 is 21.7 Å². The predicted molar refractivity (Wildman–Crippen MR) is 74.0 cm³/mol. The SMILES string of the molecule is CCNc1cc(C)nc(-c2cc(F)ccc2Br)n1. The van der Waals surface area contributed by atoms with Crippen molar-refractivity contribution in [3.63, 3.8) is 0 Å². The lowest BCUT2D eigenvalue weighted by Crippen LogP contribution is -2.03. The summed E-state index contributed by atoms with van der Waals surface area (Å²) in [5.74, 6) is 0.955. The second kappa shape index (κ2) is 5.44. The fourth-order valence-electron chi connectivity index (χ4n) is 1.63. The number of anilines is 1. The number of nitrogens with one attached hydrogen (secondary N) is 1. The molecule has 0 unspecified atom stereocenters. The molecular weight excluding hydrogens is 297 g/mol. The first kappa shape index (κ1) is 13.0. The van der Waals surface area contributed by atoms with Crippen LogP contribution < -0.4 is 5.32 Å². The fraction of sp³-hybridized carbons (Fsp3) is 0.231. The molecule has 0 bridgehead atoms. The smallest absolute Gasteiger partial charge is 0.162 e.